The van der Waals surface area contributed by atoms with Crippen LogP contribution in [0.5, 0.6) is 0 Å². The maximum Gasteiger partial charge on any atom is 0.0361 e. The summed E-state index contributed by atoms with van der Waals surface area (Å²) in [4.78, 5) is 6.70. The molecule has 0 amide bonds. The van der Waals surface area contributed by atoms with Gasteiger partial charge in [0.2, 0.25) is 0 Å². The van der Waals surface area contributed by atoms with Crippen LogP contribution in [0.4, 0.5) is 11.4 Å². The summed E-state index contributed by atoms with van der Waals surface area (Å²) in [5.74, 6) is 0. The predicted molar refractivity (Wildman–Crippen MR) is 156 cm³/mol. The van der Waals surface area contributed by atoms with Crippen LogP contribution in [0.15, 0.2) is 107 Å². The van der Waals surface area contributed by atoms with Crippen LogP contribution in [-0.4, -0.2) is 28.2 Å². The van der Waals surface area contributed by atoms with Crippen LogP contribution < -0.4 is 9.80 Å². The minimum absolute atomic E-state index is 1.20. The van der Waals surface area contributed by atoms with Crippen molar-refractivity contribution in [3.05, 3.63) is 119 Å². The molecule has 0 saturated heterocycles. The van der Waals surface area contributed by atoms with Crippen LogP contribution in [0.25, 0.3) is 24.3 Å². The Morgan fingerprint density at radius 2 is 0.657 bits per heavy atom. The van der Waals surface area contributed by atoms with E-state index in [1.54, 1.807) is 11.8 Å². The molecule has 0 aliphatic rings. The van der Waals surface area contributed by atoms with Gasteiger partial charge in [0.15, 0.2) is 0 Å². The Bertz CT molecular complexity index is 1160. The SMILES string of the molecule is CN(C)c1ccc(/C=C/c2ccc(Sc3ccc(/C=C/c4ccc(N(C)C)cc4)cc3)cc2)cc1. The number of benzene rings is 4. The van der Waals surface area contributed by atoms with Crippen molar-refractivity contribution in [2.75, 3.05) is 38.0 Å². The molecule has 0 radical (unpaired) electrons. The second kappa shape index (κ2) is 11.6. The maximum atomic E-state index is 2.19. The van der Waals surface area contributed by atoms with Gasteiger partial charge in [0.1, 0.15) is 0 Å². The molecule has 0 aromatic heterocycles. The molecule has 35 heavy (non-hydrogen) atoms. The highest BCUT2D eigenvalue weighted by Crippen LogP contribution is 2.28. The third-order valence-corrected chi connectivity index (χ3v) is 6.77. The molecule has 0 atom stereocenters. The summed E-state index contributed by atoms with van der Waals surface area (Å²) in [6.07, 6.45) is 8.64. The fourth-order valence-electron chi connectivity index (χ4n) is 3.58. The summed E-state index contributed by atoms with van der Waals surface area (Å²) in [5.41, 5.74) is 7.22. The fourth-order valence-corrected chi connectivity index (χ4v) is 4.40. The van der Waals surface area contributed by atoms with Crippen molar-refractivity contribution in [2.45, 2.75) is 9.79 Å². The molecular weight excluding hydrogens is 444 g/mol. The molecular formula is C32H32N2S. The topological polar surface area (TPSA) is 6.48 Å². The number of hydrogen-bond acceptors (Lipinski definition) is 3. The van der Waals surface area contributed by atoms with Crippen molar-refractivity contribution in [2.24, 2.45) is 0 Å². The van der Waals surface area contributed by atoms with Gasteiger partial charge in [-0.15, -0.1) is 0 Å². The van der Waals surface area contributed by atoms with Crippen molar-refractivity contribution in [1.29, 1.82) is 0 Å². The van der Waals surface area contributed by atoms with Gasteiger partial charge in [0.25, 0.3) is 0 Å². The summed E-state index contributed by atoms with van der Waals surface area (Å²) in [6.45, 7) is 0. The van der Waals surface area contributed by atoms with Gasteiger partial charge in [0.05, 0.1) is 0 Å². The van der Waals surface area contributed by atoms with Crippen LogP contribution in [-0.2, 0) is 0 Å². The summed E-state index contributed by atoms with van der Waals surface area (Å²) in [5, 5.41) is 0. The van der Waals surface area contributed by atoms with Crippen LogP contribution in [0.3, 0.4) is 0 Å². The van der Waals surface area contributed by atoms with E-state index in [1.807, 2.05) is 0 Å². The standard InChI is InChI=1S/C32H32N2S/c1-33(2)29-17-9-25(10-18-29)5-7-27-13-21-31(22-14-27)35-32-23-15-28(16-24-32)8-6-26-11-19-30(20-12-26)34(3)4/h5-24H,1-4H3/b7-5+,8-6+. The van der Waals surface area contributed by atoms with Crippen molar-refractivity contribution in [1.82, 2.24) is 0 Å². The lowest BCUT2D eigenvalue weighted by Gasteiger charge is -2.11. The van der Waals surface area contributed by atoms with Gasteiger partial charge in [-0.05, 0) is 70.8 Å². The van der Waals surface area contributed by atoms with Crippen molar-refractivity contribution >= 4 is 47.4 Å². The zero-order chi connectivity index (χ0) is 24.6. The first-order chi connectivity index (χ1) is 17.0. The van der Waals surface area contributed by atoms with Crippen molar-refractivity contribution < 1.29 is 0 Å². The lowest BCUT2D eigenvalue weighted by Crippen LogP contribution is -2.07. The molecule has 0 saturated carbocycles. The molecule has 176 valence electrons. The molecule has 0 N–H and O–H groups in total. The Morgan fingerprint density at radius 3 is 0.914 bits per heavy atom. The summed E-state index contributed by atoms with van der Waals surface area (Å²) >= 11 is 1.79. The Labute approximate surface area is 214 Å². The lowest BCUT2D eigenvalue weighted by molar-refractivity contribution is 1.13. The van der Waals surface area contributed by atoms with Crippen LogP contribution in [0, 0.1) is 0 Å². The summed E-state index contributed by atoms with van der Waals surface area (Å²) in [6, 6.07) is 34.6. The van der Waals surface area contributed by atoms with E-state index in [2.05, 4.69) is 159 Å². The first-order valence-electron chi connectivity index (χ1n) is 11.8. The lowest BCUT2D eigenvalue weighted by atomic mass is 10.1. The van der Waals surface area contributed by atoms with E-state index >= 15 is 0 Å². The minimum Gasteiger partial charge on any atom is -0.378 e. The first-order valence-corrected chi connectivity index (χ1v) is 12.6. The van der Waals surface area contributed by atoms with Crippen molar-refractivity contribution in [3.63, 3.8) is 0 Å². The van der Waals surface area contributed by atoms with Gasteiger partial charge < -0.3 is 9.80 Å². The molecule has 0 bridgehead atoms. The van der Waals surface area contributed by atoms with Crippen LogP contribution >= 0.6 is 11.8 Å². The molecule has 0 spiro atoms. The highest BCUT2D eigenvalue weighted by molar-refractivity contribution is 7.99. The van der Waals surface area contributed by atoms with Crippen LogP contribution in [0.2, 0.25) is 0 Å². The maximum absolute atomic E-state index is 2.19. The van der Waals surface area contributed by atoms with E-state index in [0.717, 1.165) is 0 Å². The van der Waals surface area contributed by atoms with E-state index in [4.69, 9.17) is 0 Å². The molecule has 3 heteroatoms. The number of nitrogens with zero attached hydrogens (tertiary/aromatic N) is 2. The van der Waals surface area contributed by atoms with Gasteiger partial charge in [-0.3, -0.25) is 0 Å². The molecule has 0 aliphatic heterocycles. The van der Waals surface area contributed by atoms with Crippen molar-refractivity contribution in [3.8, 4) is 0 Å². The molecule has 0 heterocycles. The average molecular weight is 477 g/mol. The Kier molecular flexibility index (Phi) is 8.12. The van der Waals surface area contributed by atoms with E-state index in [0.29, 0.717) is 0 Å². The normalized spacial score (nSPS) is 11.3. The highest BCUT2D eigenvalue weighted by atomic mass is 32.2. The second-order valence-electron chi connectivity index (χ2n) is 8.88. The minimum atomic E-state index is 1.20. The van der Waals surface area contributed by atoms with Crippen LogP contribution in [0.1, 0.15) is 22.3 Å². The third kappa shape index (κ3) is 7.14. The van der Waals surface area contributed by atoms with E-state index in [1.165, 1.54) is 43.4 Å². The Hall–Kier alpha value is -3.69. The molecule has 4 rings (SSSR count). The molecule has 2 nitrogen and oxygen atoms in total. The zero-order valence-electron chi connectivity index (χ0n) is 20.8. The largest absolute Gasteiger partial charge is 0.378 e. The number of hydrogen-bond donors (Lipinski definition) is 0. The molecule has 4 aromatic carbocycles. The van der Waals surface area contributed by atoms with Gasteiger partial charge in [-0.1, -0.05) is 84.6 Å². The summed E-state index contributed by atoms with van der Waals surface area (Å²) < 4.78 is 0. The highest BCUT2D eigenvalue weighted by Gasteiger charge is 1.99. The molecule has 0 fully saturated rings. The van der Waals surface area contributed by atoms with Gasteiger partial charge >= 0.3 is 0 Å². The Balaban J connectivity index is 1.33. The molecule has 4 aromatic rings. The molecule has 0 unspecified atom stereocenters. The number of anilines is 2. The van der Waals surface area contributed by atoms with Gasteiger partial charge in [-0.2, -0.15) is 0 Å². The zero-order valence-corrected chi connectivity index (χ0v) is 21.7. The van der Waals surface area contributed by atoms with E-state index < -0.39 is 0 Å². The quantitative estimate of drug-likeness (QED) is 0.236. The second-order valence-corrected chi connectivity index (χ2v) is 10.0. The monoisotopic (exact) mass is 476 g/mol. The van der Waals surface area contributed by atoms with Gasteiger partial charge in [-0.25, -0.2) is 0 Å². The number of rotatable bonds is 8. The summed E-state index contributed by atoms with van der Waals surface area (Å²) in [7, 11) is 8.23. The predicted octanol–water partition coefficient (Wildman–Crippen LogP) is 8.31. The average Bonchev–Trinajstić information content (AvgIpc) is 2.88. The van der Waals surface area contributed by atoms with E-state index in [9.17, 15) is 0 Å². The smallest absolute Gasteiger partial charge is 0.0361 e. The first kappa shape index (κ1) is 24.4. The Morgan fingerprint density at radius 1 is 0.400 bits per heavy atom. The van der Waals surface area contributed by atoms with Gasteiger partial charge in [0, 0.05) is 49.4 Å². The molecule has 0 aliphatic carbocycles. The fraction of sp³-hybridized carbons (Fsp3) is 0.125. The third-order valence-electron chi connectivity index (χ3n) is 5.75. The van der Waals surface area contributed by atoms with E-state index in [-0.39, 0.29) is 0 Å².